The minimum atomic E-state index is 0.973. The highest BCUT2D eigenvalue weighted by Gasteiger charge is 2.15. The van der Waals surface area contributed by atoms with E-state index >= 15 is 0 Å². The lowest BCUT2D eigenvalue weighted by molar-refractivity contribution is 0.668. The number of furan rings is 2. The molecule has 0 spiro atoms. The van der Waals surface area contributed by atoms with Crippen LogP contribution in [0.4, 0.5) is 0 Å². The highest BCUT2D eigenvalue weighted by molar-refractivity contribution is 7.26. The van der Waals surface area contributed by atoms with Crippen LogP contribution in [-0.4, -0.2) is 34.1 Å². The average Bonchev–Trinajstić information content (AvgIpc) is 1.60. The van der Waals surface area contributed by atoms with Gasteiger partial charge in [0, 0.05) is 176 Å². The topological polar surface area (TPSA) is 101 Å². The molecule has 0 aliphatic rings. The van der Waals surface area contributed by atoms with E-state index in [1.807, 2.05) is 73.2 Å². The predicted octanol–water partition coefficient (Wildman–Crippen LogP) is 36.4. The molecule has 0 aliphatic heterocycles. The molecule has 0 amide bonds. The number of rotatable bonds is 0. The maximum atomic E-state index is 5.81. The molecule has 690 valence electrons. The van der Waals surface area contributed by atoms with Crippen LogP contribution in [0.1, 0.15) is 100 Å². The zero-order valence-electron chi connectivity index (χ0n) is 83.5. The van der Waals surface area contributed by atoms with Gasteiger partial charge in [-0.1, -0.05) is 203 Å². The Hall–Kier alpha value is -15.5. The lowest BCUT2D eigenvalue weighted by Crippen LogP contribution is -1.89. The van der Waals surface area contributed by atoms with Crippen molar-refractivity contribution in [2.45, 2.75) is 125 Å². The second-order valence-electron chi connectivity index (χ2n) is 38.3. The molecule has 0 fully saturated rings. The molecule has 0 radical (unpaired) electrons. The normalized spacial score (nSPS) is 11.3. The molecular weight excluding hydrogens is 1740 g/mol. The van der Waals surface area contributed by atoms with E-state index in [9.17, 15) is 0 Å². The molecule has 0 atom stereocenters. The van der Waals surface area contributed by atoms with E-state index in [2.05, 4.69) is 456 Å². The molecule has 9 nitrogen and oxygen atoms in total. The number of pyridine rings is 5. The predicted molar refractivity (Wildman–Crippen MR) is 606 cm³/mol. The summed E-state index contributed by atoms with van der Waals surface area (Å²) in [5, 5.41) is 22.9. The van der Waals surface area contributed by atoms with E-state index in [1.54, 1.807) is 0 Å². The van der Waals surface area contributed by atoms with Crippen molar-refractivity contribution >= 4 is 216 Å². The van der Waals surface area contributed by atoms with Gasteiger partial charge in [-0.05, 0) is 332 Å². The summed E-state index contributed by atoms with van der Waals surface area (Å²) in [5.74, 6) is 0. The maximum Gasteiger partial charge on any atom is 0.135 e. The molecule has 0 saturated carbocycles. The van der Waals surface area contributed by atoms with E-state index in [0.717, 1.165) is 88.4 Å². The molecule has 0 unspecified atom stereocenters. The summed E-state index contributed by atoms with van der Waals surface area (Å²) in [6.45, 7) is 37.9. The number of thiophene rings is 2. The lowest BCUT2D eigenvalue weighted by atomic mass is 10.1. The SMILES string of the molecule is Cc1ccc2c(c1)c1cc(C)ccc1n2C.Cc1ccc2c(c1)oc1cc(C)ccc12.Cc1ccc2c(c1)sc1cc(C)ccc12.Cc1ccc2c3ccc(C)cc3n(C)c2c1.Cc1ccc2ccc3ccc(C)nc3c2n1.Cc1ccc2nc3cc(C)ccc3cc2c1.Cc1ccc2oc3ccc(C)cc3c2c1.Cc1ccc2sc3ccc(C)cc3c2c1.Cc1cnc2c(ccc3cc(C)cnc32)c1. The van der Waals surface area contributed by atoms with Gasteiger partial charge >= 0.3 is 0 Å². The molecule has 11 heteroatoms. The van der Waals surface area contributed by atoms with Crippen LogP contribution in [0, 0.1) is 125 Å². The van der Waals surface area contributed by atoms with E-state index in [0.29, 0.717) is 0 Å². The van der Waals surface area contributed by atoms with Gasteiger partial charge in [0.15, 0.2) is 0 Å². The van der Waals surface area contributed by atoms with Crippen molar-refractivity contribution in [1.82, 2.24) is 34.1 Å². The fourth-order valence-corrected chi connectivity index (χ4v) is 21.3. The molecule has 11 heterocycles. The Morgan fingerprint density at radius 3 is 0.979 bits per heavy atom. The highest BCUT2D eigenvalue weighted by Crippen LogP contribution is 2.40. The van der Waals surface area contributed by atoms with Crippen molar-refractivity contribution in [2.75, 3.05) is 0 Å². The maximum absolute atomic E-state index is 5.81. The summed E-state index contributed by atoms with van der Waals surface area (Å²) in [6.07, 6.45) is 3.78. The van der Waals surface area contributed by atoms with Crippen molar-refractivity contribution in [3.63, 3.8) is 0 Å². The third kappa shape index (κ3) is 20.0. The van der Waals surface area contributed by atoms with E-state index in [4.69, 9.17) is 8.83 Å². The Morgan fingerprint density at radius 2 is 0.507 bits per heavy atom. The van der Waals surface area contributed by atoms with Gasteiger partial charge in [-0.25, -0.2) is 4.98 Å². The smallest absolute Gasteiger partial charge is 0.135 e. The van der Waals surface area contributed by atoms with Crippen molar-refractivity contribution < 1.29 is 8.83 Å². The molecule has 0 aliphatic carbocycles. The summed E-state index contributed by atoms with van der Waals surface area (Å²) < 4.78 is 21.7. The summed E-state index contributed by atoms with van der Waals surface area (Å²) >= 11 is 3.77. The molecule has 140 heavy (non-hydrogen) atoms. The van der Waals surface area contributed by atoms with E-state index in [-0.39, 0.29) is 0 Å². The lowest BCUT2D eigenvalue weighted by Gasteiger charge is -2.04. The number of hydrogen-bond acceptors (Lipinski definition) is 9. The molecule has 27 aromatic rings. The summed E-state index contributed by atoms with van der Waals surface area (Å²) in [6, 6.07) is 115. The number of nitrogens with zero attached hydrogens (tertiary/aromatic N) is 7. The fourth-order valence-electron chi connectivity index (χ4n) is 18.9. The van der Waals surface area contributed by atoms with Gasteiger partial charge in [0.1, 0.15) is 22.3 Å². The molecule has 16 aromatic carbocycles. The zero-order valence-corrected chi connectivity index (χ0v) is 85.2. The Balaban J connectivity index is 0.000000100. The van der Waals surface area contributed by atoms with Crippen LogP contribution in [0.2, 0.25) is 0 Å². The number of benzene rings is 16. The summed E-state index contributed by atoms with van der Waals surface area (Å²) in [5.41, 5.74) is 37.9. The minimum absolute atomic E-state index is 0.973. The molecule has 0 N–H and O–H groups in total. The molecule has 0 saturated heterocycles. The van der Waals surface area contributed by atoms with Crippen LogP contribution in [0.15, 0.2) is 343 Å². The summed E-state index contributed by atoms with van der Waals surface area (Å²) in [7, 11) is 4.28. The quantitative estimate of drug-likeness (QED) is 0.110. The average molecular weight is 1860 g/mol. The van der Waals surface area contributed by atoms with Gasteiger partial charge in [-0.2, -0.15) is 0 Å². The monoisotopic (exact) mass is 1860 g/mol. The second kappa shape index (κ2) is 39.5. The van der Waals surface area contributed by atoms with Crippen LogP contribution in [0.25, 0.3) is 193 Å². The van der Waals surface area contributed by atoms with Crippen molar-refractivity contribution in [2.24, 2.45) is 14.1 Å². The first-order valence-electron chi connectivity index (χ1n) is 48.0. The van der Waals surface area contributed by atoms with Gasteiger partial charge in [-0.15, -0.1) is 22.7 Å². The first-order chi connectivity index (χ1) is 67.5. The fraction of sp³-hybridized carbons (Fsp3) is 0.155. The third-order valence-corrected chi connectivity index (χ3v) is 28.5. The molecular formula is C129H115N7O2S2. The van der Waals surface area contributed by atoms with Gasteiger partial charge in [0.2, 0.25) is 0 Å². The Morgan fingerprint density at radius 1 is 0.186 bits per heavy atom. The first-order valence-corrected chi connectivity index (χ1v) is 49.6. The van der Waals surface area contributed by atoms with Crippen LogP contribution in [0.3, 0.4) is 0 Å². The highest BCUT2D eigenvalue weighted by atomic mass is 32.1. The Bertz CT molecular complexity index is 8690. The van der Waals surface area contributed by atoms with Gasteiger partial charge < -0.3 is 18.0 Å². The Kier molecular flexibility index (Phi) is 26.4. The zero-order chi connectivity index (χ0) is 97.6. The van der Waals surface area contributed by atoms with Crippen molar-refractivity contribution in [3.8, 4) is 0 Å². The number of aryl methyl sites for hydroxylation is 20. The largest absolute Gasteiger partial charge is 0.456 e. The third-order valence-electron chi connectivity index (χ3n) is 26.3. The summed E-state index contributed by atoms with van der Waals surface area (Å²) in [4.78, 5) is 22.8. The van der Waals surface area contributed by atoms with Crippen LogP contribution >= 0.6 is 22.7 Å². The minimum Gasteiger partial charge on any atom is -0.456 e. The van der Waals surface area contributed by atoms with E-state index in [1.165, 1.54) is 205 Å². The van der Waals surface area contributed by atoms with Crippen LogP contribution in [-0.2, 0) is 14.1 Å². The molecule has 27 rings (SSSR count). The first kappa shape index (κ1) is 93.5. The van der Waals surface area contributed by atoms with Crippen LogP contribution < -0.4 is 0 Å². The standard InChI is InChI=1S/2C15H15N.C15H13N.2C14H12N2.2C14H12O.2C14H12S/c1-10-4-6-14-12(8-10)13-9-11(2)5-7-15(13)16(14)3;1-10-4-6-12-13-7-5-11(2)9-15(13)16(3)14(12)8-10;1-10-4-6-14-13(7-10)9-12-5-3-11(2)8-15(12)16-14;1-9-3-5-11-7-8-12-6-4-10(2)16-14(12)13(11)15-9;1-9-5-11-3-4-12-6-10(2)8-16-14(12)13(11)15-7-9;1-9-3-5-13-11(7-9)12-8-10(2)4-6-14(12)15-13;1-9-3-5-11-12-6-4-10(2)8-14(12)15-13(11)7-9;1-9-3-5-13-11(7-9)12-8-10(2)4-6-14(12)15-13;1-9-3-5-11-12-6-4-10(2)8-14(12)15-13(11)7-9/h2*4-9H,1-3H3;3-9H,1-2H3;2*3-8H,1-2H3;4*3-8H,1-2H3. The number of hydrogen-bond donors (Lipinski definition) is 0. The van der Waals surface area contributed by atoms with Gasteiger partial charge in [0.25, 0.3) is 0 Å². The molecule has 11 aromatic heterocycles. The van der Waals surface area contributed by atoms with E-state index < -0.39 is 0 Å². The number of aromatic nitrogens is 7. The number of fused-ring (bicyclic) bond motifs is 26. The Labute approximate surface area is 825 Å². The van der Waals surface area contributed by atoms with Gasteiger partial charge in [-0.3, -0.25) is 19.9 Å². The molecule has 0 bridgehead atoms. The van der Waals surface area contributed by atoms with Gasteiger partial charge in [0.05, 0.1) is 33.1 Å². The van der Waals surface area contributed by atoms with Crippen LogP contribution in [0.5, 0.6) is 0 Å². The second-order valence-corrected chi connectivity index (χ2v) is 40.5. The van der Waals surface area contributed by atoms with Crippen molar-refractivity contribution in [3.05, 3.63) is 434 Å². The van der Waals surface area contributed by atoms with Crippen molar-refractivity contribution in [1.29, 1.82) is 0 Å².